The van der Waals surface area contributed by atoms with Crippen LogP contribution in [0.25, 0.3) is 0 Å². The van der Waals surface area contributed by atoms with E-state index in [0.29, 0.717) is 5.13 Å². The van der Waals surface area contributed by atoms with Gasteiger partial charge in [-0.1, -0.05) is 0 Å². The maximum Gasteiger partial charge on any atom is 0.293 e. The zero-order valence-corrected chi connectivity index (χ0v) is 10.4. The molecule has 4 nitrogen and oxygen atoms in total. The molecule has 0 atom stereocenters. The molecule has 1 aliphatic rings. The molecule has 0 aliphatic heterocycles. The molecule has 0 radical (unpaired) electrons. The largest absolute Gasteiger partial charge is 0.440 e. The molecule has 0 fully saturated rings. The van der Waals surface area contributed by atoms with E-state index in [9.17, 15) is 4.79 Å². The molecule has 2 aromatic heterocycles. The number of thiazole rings is 1. The summed E-state index contributed by atoms with van der Waals surface area (Å²) in [5.74, 6) is -0.116. The number of anilines is 1. The van der Waals surface area contributed by atoms with Gasteiger partial charge in [0.15, 0.2) is 16.1 Å². The highest BCUT2D eigenvalue weighted by Crippen LogP contribution is 2.30. The summed E-state index contributed by atoms with van der Waals surface area (Å²) in [5.41, 5.74) is 1.11. The van der Waals surface area contributed by atoms with Crippen LogP contribution in [0.2, 0.25) is 5.22 Å². The van der Waals surface area contributed by atoms with E-state index < -0.39 is 0 Å². The smallest absolute Gasteiger partial charge is 0.293 e. The Balaban J connectivity index is 1.76. The van der Waals surface area contributed by atoms with Crippen LogP contribution in [-0.4, -0.2) is 10.9 Å². The Morgan fingerprint density at radius 2 is 2.35 bits per heavy atom. The van der Waals surface area contributed by atoms with Gasteiger partial charge in [0, 0.05) is 4.88 Å². The minimum atomic E-state index is -0.315. The molecule has 88 valence electrons. The monoisotopic (exact) mass is 268 g/mol. The molecule has 0 unspecified atom stereocenters. The highest BCUT2D eigenvalue weighted by molar-refractivity contribution is 7.15. The number of nitrogens with zero attached hydrogens (tertiary/aromatic N) is 1. The second-order valence-electron chi connectivity index (χ2n) is 3.80. The van der Waals surface area contributed by atoms with E-state index in [2.05, 4.69) is 10.3 Å². The maximum atomic E-state index is 11.8. The summed E-state index contributed by atoms with van der Waals surface area (Å²) in [5, 5.41) is 3.55. The average Bonchev–Trinajstić information content (AvgIpc) is 2.92. The Hall–Kier alpha value is -1.33. The fraction of sp³-hybridized carbons (Fsp3) is 0.273. The summed E-state index contributed by atoms with van der Waals surface area (Å²) >= 11 is 7.14. The number of carbonyl (C=O) groups is 1. The first-order chi connectivity index (χ1) is 8.22. The quantitative estimate of drug-likeness (QED) is 0.910. The van der Waals surface area contributed by atoms with Crippen molar-refractivity contribution in [2.45, 2.75) is 19.3 Å². The van der Waals surface area contributed by atoms with E-state index in [1.165, 1.54) is 22.3 Å². The molecule has 3 rings (SSSR count). The molecule has 0 saturated heterocycles. The van der Waals surface area contributed by atoms with Gasteiger partial charge in [0.25, 0.3) is 5.91 Å². The van der Waals surface area contributed by atoms with Crippen LogP contribution in [0, 0.1) is 0 Å². The Kier molecular flexibility index (Phi) is 2.64. The van der Waals surface area contributed by atoms with E-state index in [-0.39, 0.29) is 16.9 Å². The van der Waals surface area contributed by atoms with Crippen molar-refractivity contribution in [1.82, 2.24) is 4.98 Å². The lowest BCUT2D eigenvalue weighted by Gasteiger charge is -1.97. The number of rotatable bonds is 2. The number of fused-ring (bicyclic) bond motifs is 1. The molecule has 1 N–H and O–H groups in total. The Morgan fingerprint density at radius 1 is 1.47 bits per heavy atom. The van der Waals surface area contributed by atoms with Crippen LogP contribution < -0.4 is 5.32 Å². The van der Waals surface area contributed by atoms with Crippen LogP contribution in [0.15, 0.2) is 16.5 Å². The van der Waals surface area contributed by atoms with E-state index in [4.69, 9.17) is 16.0 Å². The van der Waals surface area contributed by atoms with Crippen LogP contribution >= 0.6 is 22.9 Å². The molecule has 0 spiro atoms. The van der Waals surface area contributed by atoms with Gasteiger partial charge in [0.1, 0.15) is 0 Å². The zero-order chi connectivity index (χ0) is 11.8. The fourth-order valence-electron chi connectivity index (χ4n) is 1.84. The summed E-state index contributed by atoms with van der Waals surface area (Å²) in [6, 6.07) is 3.08. The van der Waals surface area contributed by atoms with Gasteiger partial charge in [-0.05, 0) is 43.0 Å². The summed E-state index contributed by atoms with van der Waals surface area (Å²) < 4.78 is 5.03. The highest BCUT2D eigenvalue weighted by Gasteiger charge is 2.19. The van der Waals surface area contributed by atoms with Crippen molar-refractivity contribution >= 4 is 34.0 Å². The van der Waals surface area contributed by atoms with Crippen LogP contribution in [0.1, 0.15) is 27.5 Å². The first kappa shape index (κ1) is 10.8. The molecule has 0 bridgehead atoms. The number of halogens is 1. The van der Waals surface area contributed by atoms with Gasteiger partial charge in [0.05, 0.1) is 5.69 Å². The predicted octanol–water partition coefficient (Wildman–Crippen LogP) is 3.13. The molecule has 0 aromatic carbocycles. The number of aryl methyl sites for hydroxylation is 2. The molecule has 6 heteroatoms. The Labute approximate surface area is 107 Å². The number of hydrogen-bond donors (Lipinski definition) is 1. The average molecular weight is 269 g/mol. The van der Waals surface area contributed by atoms with Crippen molar-refractivity contribution < 1.29 is 9.21 Å². The summed E-state index contributed by atoms with van der Waals surface area (Å²) in [4.78, 5) is 17.4. The minimum Gasteiger partial charge on any atom is -0.440 e. The van der Waals surface area contributed by atoms with Gasteiger partial charge in [0.2, 0.25) is 0 Å². The van der Waals surface area contributed by atoms with Gasteiger partial charge < -0.3 is 4.42 Å². The van der Waals surface area contributed by atoms with Gasteiger partial charge in [-0.2, -0.15) is 0 Å². The Morgan fingerprint density at radius 3 is 3.06 bits per heavy atom. The number of carbonyl (C=O) groups excluding carboxylic acids is 1. The minimum absolute atomic E-state index is 0.199. The topological polar surface area (TPSA) is 55.1 Å². The van der Waals surface area contributed by atoms with Crippen molar-refractivity contribution in [3.8, 4) is 0 Å². The second kappa shape index (κ2) is 4.16. The van der Waals surface area contributed by atoms with Crippen molar-refractivity contribution in [3.05, 3.63) is 33.7 Å². The van der Waals surface area contributed by atoms with Gasteiger partial charge in [-0.15, -0.1) is 11.3 Å². The number of amides is 1. The van der Waals surface area contributed by atoms with Crippen molar-refractivity contribution in [3.63, 3.8) is 0 Å². The van der Waals surface area contributed by atoms with Crippen molar-refractivity contribution in [2.24, 2.45) is 0 Å². The lowest BCUT2D eigenvalue weighted by Crippen LogP contribution is -2.10. The number of aromatic nitrogens is 1. The van der Waals surface area contributed by atoms with Crippen LogP contribution in [0.4, 0.5) is 5.13 Å². The Bertz CT molecular complexity index is 554. The molecule has 0 saturated carbocycles. The summed E-state index contributed by atoms with van der Waals surface area (Å²) in [6.07, 6.45) is 3.24. The van der Waals surface area contributed by atoms with Crippen LogP contribution in [0.5, 0.6) is 0 Å². The molecular weight excluding hydrogens is 260 g/mol. The molecule has 1 aliphatic carbocycles. The summed E-state index contributed by atoms with van der Waals surface area (Å²) in [7, 11) is 0. The van der Waals surface area contributed by atoms with Crippen LogP contribution in [-0.2, 0) is 12.8 Å². The van der Waals surface area contributed by atoms with E-state index >= 15 is 0 Å². The normalized spacial score (nSPS) is 13.7. The second-order valence-corrected chi connectivity index (χ2v) is 5.26. The van der Waals surface area contributed by atoms with Gasteiger partial charge in [-0.3, -0.25) is 10.1 Å². The standard InChI is InChI=1S/C11H9ClN2O2S/c12-9-5-4-7(16-9)10(15)14-11-13-6-2-1-3-8(6)17-11/h4-5H,1-3H2,(H,13,14,15). The lowest BCUT2D eigenvalue weighted by molar-refractivity contribution is 0.0997. The third-order valence-corrected chi connectivity index (χ3v) is 3.89. The van der Waals surface area contributed by atoms with Gasteiger partial charge >= 0.3 is 0 Å². The number of furan rings is 1. The molecule has 2 heterocycles. The number of hydrogen-bond acceptors (Lipinski definition) is 4. The molecular formula is C11H9ClN2O2S. The van der Waals surface area contributed by atoms with E-state index in [1.807, 2.05) is 0 Å². The zero-order valence-electron chi connectivity index (χ0n) is 8.83. The third kappa shape index (κ3) is 2.08. The lowest BCUT2D eigenvalue weighted by atomic mass is 10.4. The van der Waals surface area contributed by atoms with Gasteiger partial charge in [-0.25, -0.2) is 4.98 Å². The molecule has 1 amide bonds. The third-order valence-electron chi connectivity index (χ3n) is 2.61. The predicted molar refractivity (Wildman–Crippen MR) is 65.8 cm³/mol. The van der Waals surface area contributed by atoms with Crippen molar-refractivity contribution in [2.75, 3.05) is 5.32 Å². The summed E-state index contributed by atoms with van der Waals surface area (Å²) in [6.45, 7) is 0. The first-order valence-corrected chi connectivity index (χ1v) is 6.47. The maximum absolute atomic E-state index is 11.8. The molecule has 17 heavy (non-hydrogen) atoms. The SMILES string of the molecule is O=C(Nc1nc2c(s1)CCC2)c1ccc(Cl)o1. The highest BCUT2D eigenvalue weighted by atomic mass is 35.5. The van der Waals surface area contributed by atoms with Crippen molar-refractivity contribution in [1.29, 1.82) is 0 Å². The first-order valence-electron chi connectivity index (χ1n) is 5.27. The van der Waals surface area contributed by atoms with Crippen LogP contribution in [0.3, 0.4) is 0 Å². The molecule has 2 aromatic rings. The number of nitrogens with one attached hydrogen (secondary N) is 1. The van der Waals surface area contributed by atoms with E-state index in [1.54, 1.807) is 6.07 Å². The fourth-order valence-corrected chi connectivity index (χ4v) is 3.03. The van der Waals surface area contributed by atoms with E-state index in [0.717, 1.165) is 25.0 Å².